The minimum absolute atomic E-state index is 0.933. The minimum Gasteiger partial charge on any atom is -0.0917 e. The summed E-state index contributed by atoms with van der Waals surface area (Å²) in [6, 6.07) is 0. The fraction of sp³-hybridized carbons (Fsp3) is 1.00. The highest BCUT2D eigenvalue weighted by Crippen LogP contribution is 2.28. The van der Waals surface area contributed by atoms with Crippen LogP contribution in [0.2, 0.25) is 12.6 Å². The third-order valence-corrected chi connectivity index (χ3v) is 3.02. The van der Waals surface area contributed by atoms with E-state index >= 15 is 0 Å². The molecule has 1 aliphatic carbocycles. The quantitative estimate of drug-likeness (QED) is 0.503. The van der Waals surface area contributed by atoms with Crippen LogP contribution in [0, 0.1) is 5.92 Å². The number of hydrogen-bond donors (Lipinski definition) is 0. The summed E-state index contributed by atoms with van der Waals surface area (Å²) >= 11 is 0. The van der Waals surface area contributed by atoms with Gasteiger partial charge in [-0.25, -0.2) is 0 Å². The topological polar surface area (TPSA) is 0 Å². The van der Waals surface area contributed by atoms with Gasteiger partial charge in [0.25, 0.3) is 0 Å². The van der Waals surface area contributed by atoms with Gasteiger partial charge in [-0.2, -0.15) is 0 Å². The van der Waals surface area contributed by atoms with Crippen LogP contribution in [0.5, 0.6) is 0 Å². The first kappa shape index (κ1) is 9.16. The normalized spacial score (nSPS) is 34.0. The van der Waals surface area contributed by atoms with Gasteiger partial charge in [0.05, 0.1) is 0 Å². The van der Waals surface area contributed by atoms with Crippen molar-refractivity contribution in [2.24, 2.45) is 5.92 Å². The van der Waals surface area contributed by atoms with Crippen LogP contribution in [-0.2, 0) is 0 Å². The van der Waals surface area contributed by atoms with Gasteiger partial charge in [-0.1, -0.05) is 58.1 Å². The maximum absolute atomic E-state index is 2.40. The summed E-state index contributed by atoms with van der Waals surface area (Å²) in [5.74, 6) is 1.93. The zero-order valence-corrected chi connectivity index (χ0v) is 7.97. The number of rotatable bonds is 1. The molecule has 0 saturated heterocycles. The van der Waals surface area contributed by atoms with E-state index < -0.39 is 0 Å². The zero-order valence-electron chi connectivity index (χ0n) is 7.97. The van der Waals surface area contributed by atoms with Crippen molar-refractivity contribution in [2.45, 2.75) is 58.1 Å². The summed E-state index contributed by atoms with van der Waals surface area (Å²) in [6.45, 7) is 4.62. The second kappa shape index (κ2) is 4.85. The first-order valence-electron chi connectivity index (χ1n) is 5.12. The van der Waals surface area contributed by atoms with Crippen LogP contribution < -0.4 is 0 Å². The first-order chi connectivity index (χ1) is 5.33. The third kappa shape index (κ3) is 3.31. The maximum atomic E-state index is 2.40. The molecule has 1 heteroatoms. The van der Waals surface area contributed by atoms with E-state index in [1.807, 2.05) is 0 Å². The van der Waals surface area contributed by atoms with Gasteiger partial charge in [-0.15, -0.1) is 0 Å². The Morgan fingerprint density at radius 2 is 1.55 bits per heavy atom. The van der Waals surface area contributed by atoms with E-state index in [1.165, 1.54) is 38.5 Å². The Morgan fingerprint density at radius 1 is 1.00 bits per heavy atom. The van der Waals surface area contributed by atoms with Crippen LogP contribution in [0.3, 0.4) is 0 Å². The van der Waals surface area contributed by atoms with Crippen molar-refractivity contribution in [1.29, 1.82) is 0 Å². The van der Waals surface area contributed by atoms with Crippen LogP contribution >= 0.6 is 0 Å². The average Bonchev–Trinajstić information content (AvgIpc) is 1.96. The molecule has 0 atom stereocenters. The Labute approximate surface area is 72.0 Å². The summed E-state index contributed by atoms with van der Waals surface area (Å²) in [7, 11) is 2.40. The molecule has 0 bridgehead atoms. The summed E-state index contributed by atoms with van der Waals surface area (Å²) in [5, 5.41) is 0. The SMILES string of the molecule is C[B]C1CCCC(C)CCC1. The predicted octanol–water partition coefficient (Wildman–Crippen LogP) is 3.52. The van der Waals surface area contributed by atoms with Gasteiger partial charge in [-0.3, -0.25) is 0 Å². The minimum atomic E-state index is 0.933. The molecule has 1 aliphatic rings. The van der Waals surface area contributed by atoms with Crippen LogP contribution in [0.25, 0.3) is 0 Å². The van der Waals surface area contributed by atoms with Crippen molar-refractivity contribution in [2.75, 3.05) is 0 Å². The predicted molar refractivity (Wildman–Crippen MR) is 52.2 cm³/mol. The van der Waals surface area contributed by atoms with Gasteiger partial charge in [0.2, 0.25) is 0 Å². The van der Waals surface area contributed by atoms with Gasteiger partial charge in [0.1, 0.15) is 7.28 Å². The van der Waals surface area contributed by atoms with Crippen molar-refractivity contribution in [3.05, 3.63) is 0 Å². The average molecular weight is 151 g/mol. The van der Waals surface area contributed by atoms with Crippen molar-refractivity contribution in [3.63, 3.8) is 0 Å². The molecule has 0 aliphatic heterocycles. The van der Waals surface area contributed by atoms with Crippen LogP contribution in [0.4, 0.5) is 0 Å². The molecule has 1 saturated carbocycles. The summed E-state index contributed by atoms with van der Waals surface area (Å²) in [5.41, 5.74) is 0. The van der Waals surface area contributed by atoms with Crippen molar-refractivity contribution in [3.8, 4) is 0 Å². The standard InChI is InChI=1S/C10H20B/c1-9-5-3-7-10(11-2)8-4-6-9/h9-10H,3-8H2,1-2H3. The molecule has 1 rings (SSSR count). The lowest BCUT2D eigenvalue weighted by atomic mass is 9.62. The fourth-order valence-electron chi connectivity index (χ4n) is 2.08. The molecule has 11 heavy (non-hydrogen) atoms. The second-order valence-corrected chi connectivity index (χ2v) is 4.06. The van der Waals surface area contributed by atoms with Crippen LogP contribution in [0.1, 0.15) is 45.4 Å². The lowest BCUT2D eigenvalue weighted by molar-refractivity contribution is 0.403. The smallest absolute Gasteiger partial charge is 0.0917 e. The Hall–Kier alpha value is 0.0649. The second-order valence-electron chi connectivity index (χ2n) is 4.06. The van der Waals surface area contributed by atoms with Gasteiger partial charge in [0.15, 0.2) is 0 Å². The molecule has 0 aromatic rings. The lowest BCUT2D eigenvalue weighted by Gasteiger charge is -2.20. The molecule has 0 nitrogen and oxygen atoms in total. The Kier molecular flexibility index (Phi) is 4.03. The van der Waals surface area contributed by atoms with E-state index in [0.29, 0.717) is 0 Å². The first-order valence-corrected chi connectivity index (χ1v) is 5.12. The molecule has 0 heterocycles. The van der Waals surface area contributed by atoms with Crippen molar-refractivity contribution in [1.82, 2.24) is 0 Å². The van der Waals surface area contributed by atoms with E-state index in [1.54, 1.807) is 0 Å². The van der Waals surface area contributed by atoms with E-state index in [0.717, 1.165) is 11.7 Å². The summed E-state index contributed by atoms with van der Waals surface area (Å²) in [6.07, 6.45) is 8.72. The van der Waals surface area contributed by atoms with E-state index in [-0.39, 0.29) is 0 Å². The highest BCUT2D eigenvalue weighted by molar-refractivity contribution is 6.35. The Bertz CT molecular complexity index is 91.0. The highest BCUT2D eigenvalue weighted by Gasteiger charge is 2.12. The van der Waals surface area contributed by atoms with Crippen LogP contribution in [-0.4, -0.2) is 7.28 Å². The molecular formula is C10H20B. The Morgan fingerprint density at radius 3 is 2.00 bits per heavy atom. The molecule has 0 aromatic carbocycles. The molecular weight excluding hydrogens is 131 g/mol. The molecule has 63 valence electrons. The van der Waals surface area contributed by atoms with Gasteiger partial charge >= 0.3 is 0 Å². The highest BCUT2D eigenvalue weighted by atomic mass is 14.1. The molecule has 0 amide bonds. The molecule has 0 N–H and O–H groups in total. The number of hydrogen-bond acceptors (Lipinski definition) is 0. The molecule has 1 fully saturated rings. The molecule has 0 aromatic heterocycles. The van der Waals surface area contributed by atoms with Crippen molar-refractivity contribution < 1.29 is 0 Å². The van der Waals surface area contributed by atoms with Crippen LogP contribution in [0.15, 0.2) is 0 Å². The summed E-state index contributed by atoms with van der Waals surface area (Å²) in [4.78, 5) is 0. The monoisotopic (exact) mass is 151 g/mol. The van der Waals surface area contributed by atoms with Gasteiger partial charge in [-0.05, 0) is 5.92 Å². The third-order valence-electron chi connectivity index (χ3n) is 3.02. The largest absolute Gasteiger partial charge is 0.110 e. The van der Waals surface area contributed by atoms with E-state index in [4.69, 9.17) is 0 Å². The lowest BCUT2D eigenvalue weighted by Crippen LogP contribution is -2.06. The molecule has 0 unspecified atom stereocenters. The van der Waals surface area contributed by atoms with E-state index in [2.05, 4.69) is 21.0 Å². The zero-order chi connectivity index (χ0) is 8.10. The fourth-order valence-corrected chi connectivity index (χ4v) is 2.08. The van der Waals surface area contributed by atoms with Crippen molar-refractivity contribution >= 4 is 7.28 Å². The Balaban J connectivity index is 2.22. The van der Waals surface area contributed by atoms with Gasteiger partial charge in [0, 0.05) is 0 Å². The maximum Gasteiger partial charge on any atom is 0.110 e. The summed E-state index contributed by atoms with van der Waals surface area (Å²) < 4.78 is 0. The molecule has 0 spiro atoms. The van der Waals surface area contributed by atoms with Gasteiger partial charge < -0.3 is 0 Å². The van der Waals surface area contributed by atoms with E-state index in [9.17, 15) is 0 Å². The molecule has 1 radical (unpaired) electrons.